The first kappa shape index (κ1) is 12.9. The van der Waals surface area contributed by atoms with Gasteiger partial charge in [-0.3, -0.25) is 4.79 Å². The topological polar surface area (TPSA) is 46.3 Å². The number of carbonyl (C=O) groups is 1. The number of hydrogen-bond donors (Lipinski definition) is 1. The van der Waals surface area contributed by atoms with Crippen LogP contribution in [0.15, 0.2) is 18.2 Å². The third kappa shape index (κ3) is 2.84. The summed E-state index contributed by atoms with van der Waals surface area (Å²) in [6, 6.07) is 5.87. The minimum Gasteiger partial charge on any atom is -0.398 e. The minimum absolute atomic E-state index is 0.0643. The van der Waals surface area contributed by atoms with E-state index in [4.69, 9.17) is 5.73 Å². The van der Waals surface area contributed by atoms with E-state index in [1.807, 2.05) is 30.0 Å². The average molecular weight is 246 g/mol. The Morgan fingerprint density at radius 2 is 2.11 bits per heavy atom. The smallest absolute Gasteiger partial charge is 0.256 e. The van der Waals surface area contributed by atoms with Gasteiger partial charge in [-0.25, -0.2) is 0 Å². The van der Waals surface area contributed by atoms with Crippen LogP contribution in [-0.4, -0.2) is 23.4 Å². The molecule has 2 N–H and O–H groups in total. The Hall–Kier alpha value is -1.51. The van der Waals surface area contributed by atoms with Crippen molar-refractivity contribution in [3.63, 3.8) is 0 Å². The Morgan fingerprint density at radius 1 is 1.44 bits per heavy atom. The van der Waals surface area contributed by atoms with Crippen LogP contribution in [0.1, 0.15) is 42.6 Å². The summed E-state index contributed by atoms with van der Waals surface area (Å²) in [7, 11) is 0. The molecule has 98 valence electrons. The predicted octanol–water partition coefficient (Wildman–Crippen LogP) is 2.84. The monoisotopic (exact) mass is 246 g/mol. The van der Waals surface area contributed by atoms with Crippen LogP contribution in [0, 0.1) is 12.8 Å². The van der Waals surface area contributed by atoms with E-state index in [1.54, 1.807) is 0 Å². The van der Waals surface area contributed by atoms with Crippen molar-refractivity contribution in [2.45, 2.75) is 39.7 Å². The lowest BCUT2D eigenvalue weighted by Gasteiger charge is -2.27. The van der Waals surface area contributed by atoms with Crippen molar-refractivity contribution in [2.75, 3.05) is 12.3 Å². The molecule has 0 saturated heterocycles. The molecule has 1 aliphatic carbocycles. The molecule has 0 atom stereocenters. The maximum Gasteiger partial charge on any atom is 0.256 e. The fourth-order valence-corrected chi connectivity index (χ4v) is 2.14. The molecule has 1 aromatic carbocycles. The van der Waals surface area contributed by atoms with Gasteiger partial charge in [-0.15, -0.1) is 0 Å². The number of rotatable bonds is 4. The van der Waals surface area contributed by atoms with E-state index in [1.165, 1.54) is 12.8 Å². The molecule has 3 heteroatoms. The highest BCUT2D eigenvalue weighted by Gasteiger charge is 2.29. The summed E-state index contributed by atoms with van der Waals surface area (Å²) < 4.78 is 0. The average Bonchev–Trinajstić information content (AvgIpc) is 3.08. The van der Waals surface area contributed by atoms with Crippen molar-refractivity contribution in [3.8, 4) is 0 Å². The molecule has 0 aliphatic heterocycles. The second-order valence-corrected chi connectivity index (χ2v) is 5.59. The number of nitrogens with two attached hydrogens (primary N) is 1. The van der Waals surface area contributed by atoms with Gasteiger partial charge in [0.2, 0.25) is 0 Å². The molecular weight excluding hydrogens is 224 g/mol. The summed E-state index contributed by atoms with van der Waals surface area (Å²) in [5, 5.41) is 0. The summed E-state index contributed by atoms with van der Waals surface area (Å²) >= 11 is 0. The molecule has 0 unspecified atom stereocenters. The Balaban J connectivity index is 2.20. The zero-order valence-electron chi connectivity index (χ0n) is 11.4. The highest BCUT2D eigenvalue weighted by atomic mass is 16.2. The van der Waals surface area contributed by atoms with Crippen LogP contribution in [0.25, 0.3) is 0 Å². The lowest BCUT2D eigenvalue weighted by Crippen LogP contribution is -2.38. The Labute approximate surface area is 109 Å². The molecule has 3 nitrogen and oxygen atoms in total. The second kappa shape index (κ2) is 5.01. The maximum atomic E-state index is 12.5. The first-order valence-electron chi connectivity index (χ1n) is 6.66. The van der Waals surface area contributed by atoms with E-state index in [-0.39, 0.29) is 11.9 Å². The predicted molar refractivity (Wildman–Crippen MR) is 74.5 cm³/mol. The summed E-state index contributed by atoms with van der Waals surface area (Å²) in [4.78, 5) is 14.5. The van der Waals surface area contributed by atoms with Crippen LogP contribution < -0.4 is 5.73 Å². The zero-order chi connectivity index (χ0) is 13.3. The number of benzene rings is 1. The molecule has 0 heterocycles. The number of hydrogen-bond acceptors (Lipinski definition) is 2. The zero-order valence-corrected chi connectivity index (χ0v) is 11.4. The van der Waals surface area contributed by atoms with E-state index in [0.29, 0.717) is 17.2 Å². The van der Waals surface area contributed by atoms with E-state index >= 15 is 0 Å². The molecule has 1 fully saturated rings. The SMILES string of the molecule is Cc1ccc(C(=O)N(CC2CC2)C(C)C)c(N)c1. The van der Waals surface area contributed by atoms with Gasteiger partial charge in [-0.1, -0.05) is 6.07 Å². The molecule has 2 rings (SSSR count). The quantitative estimate of drug-likeness (QED) is 0.830. The molecule has 0 aromatic heterocycles. The fraction of sp³-hybridized carbons (Fsp3) is 0.533. The van der Waals surface area contributed by atoms with Crippen LogP contribution in [-0.2, 0) is 0 Å². The third-order valence-corrected chi connectivity index (χ3v) is 3.47. The highest BCUT2D eigenvalue weighted by Crippen LogP contribution is 2.31. The van der Waals surface area contributed by atoms with Crippen LogP contribution in [0.2, 0.25) is 0 Å². The number of carbonyl (C=O) groups excluding carboxylic acids is 1. The second-order valence-electron chi connectivity index (χ2n) is 5.59. The minimum atomic E-state index is 0.0643. The van der Waals surface area contributed by atoms with Gasteiger partial charge in [-0.2, -0.15) is 0 Å². The van der Waals surface area contributed by atoms with Gasteiger partial charge in [0.05, 0.1) is 5.56 Å². The Bertz CT molecular complexity index is 450. The van der Waals surface area contributed by atoms with E-state index in [9.17, 15) is 4.79 Å². The first-order chi connectivity index (χ1) is 8.49. The van der Waals surface area contributed by atoms with E-state index in [0.717, 1.165) is 12.1 Å². The maximum absolute atomic E-state index is 12.5. The van der Waals surface area contributed by atoms with Crippen LogP contribution >= 0.6 is 0 Å². The van der Waals surface area contributed by atoms with Crippen molar-refractivity contribution in [1.29, 1.82) is 0 Å². The molecule has 0 bridgehead atoms. The van der Waals surface area contributed by atoms with Gasteiger partial charge in [0, 0.05) is 18.3 Å². The van der Waals surface area contributed by atoms with Crippen molar-refractivity contribution in [3.05, 3.63) is 29.3 Å². The summed E-state index contributed by atoms with van der Waals surface area (Å²) in [6.45, 7) is 6.97. The number of nitrogens with zero attached hydrogens (tertiary/aromatic N) is 1. The number of amides is 1. The van der Waals surface area contributed by atoms with Gasteiger partial charge in [-0.05, 0) is 57.2 Å². The molecule has 1 saturated carbocycles. The van der Waals surface area contributed by atoms with Crippen molar-refractivity contribution in [1.82, 2.24) is 4.90 Å². The van der Waals surface area contributed by atoms with Crippen LogP contribution in [0.5, 0.6) is 0 Å². The molecule has 0 radical (unpaired) electrons. The highest BCUT2D eigenvalue weighted by molar-refractivity contribution is 5.99. The number of aryl methyl sites for hydroxylation is 1. The standard InChI is InChI=1S/C15H22N2O/c1-10(2)17(9-12-5-6-12)15(18)13-7-4-11(3)8-14(13)16/h4,7-8,10,12H,5-6,9,16H2,1-3H3. The van der Waals surface area contributed by atoms with E-state index < -0.39 is 0 Å². The lowest BCUT2D eigenvalue weighted by atomic mass is 10.1. The van der Waals surface area contributed by atoms with Gasteiger partial charge in [0.1, 0.15) is 0 Å². The van der Waals surface area contributed by atoms with Crippen LogP contribution in [0.3, 0.4) is 0 Å². The summed E-state index contributed by atoms with van der Waals surface area (Å²) in [5.41, 5.74) is 8.26. The van der Waals surface area contributed by atoms with Crippen molar-refractivity contribution >= 4 is 11.6 Å². The lowest BCUT2D eigenvalue weighted by molar-refractivity contribution is 0.0697. The summed E-state index contributed by atoms with van der Waals surface area (Å²) in [6.07, 6.45) is 2.50. The Kier molecular flexibility index (Phi) is 3.60. The Morgan fingerprint density at radius 3 is 2.61 bits per heavy atom. The fourth-order valence-electron chi connectivity index (χ4n) is 2.14. The molecule has 0 spiro atoms. The summed E-state index contributed by atoms with van der Waals surface area (Å²) in [5.74, 6) is 0.762. The number of anilines is 1. The van der Waals surface area contributed by atoms with Crippen LogP contribution in [0.4, 0.5) is 5.69 Å². The molecule has 1 amide bonds. The van der Waals surface area contributed by atoms with Gasteiger partial charge >= 0.3 is 0 Å². The van der Waals surface area contributed by atoms with Gasteiger partial charge in [0.15, 0.2) is 0 Å². The van der Waals surface area contributed by atoms with Gasteiger partial charge < -0.3 is 10.6 Å². The molecular formula is C15H22N2O. The first-order valence-corrected chi connectivity index (χ1v) is 6.66. The van der Waals surface area contributed by atoms with E-state index in [2.05, 4.69) is 13.8 Å². The molecule has 1 aromatic rings. The molecule has 1 aliphatic rings. The third-order valence-electron chi connectivity index (χ3n) is 3.47. The number of nitrogen functional groups attached to an aromatic ring is 1. The largest absolute Gasteiger partial charge is 0.398 e. The van der Waals surface area contributed by atoms with Crippen molar-refractivity contribution < 1.29 is 4.79 Å². The molecule has 18 heavy (non-hydrogen) atoms. The normalized spacial score (nSPS) is 14.9. The van der Waals surface area contributed by atoms with Gasteiger partial charge in [0.25, 0.3) is 5.91 Å². The van der Waals surface area contributed by atoms with Crippen molar-refractivity contribution in [2.24, 2.45) is 5.92 Å².